The molecule has 0 radical (unpaired) electrons. The number of piperidine rings is 1. The largest absolute Gasteiger partial charge is 0.343 e. The van der Waals surface area contributed by atoms with Crippen LogP contribution >= 0.6 is 0 Å². The van der Waals surface area contributed by atoms with Crippen molar-refractivity contribution in [2.75, 3.05) is 13.1 Å². The summed E-state index contributed by atoms with van der Waals surface area (Å²) in [5.41, 5.74) is 2.14. The topological polar surface area (TPSA) is 49.0 Å². The number of amides is 1. The molecule has 0 unspecified atom stereocenters. The van der Waals surface area contributed by atoms with Crippen molar-refractivity contribution >= 4 is 16.9 Å². The van der Waals surface area contributed by atoms with E-state index in [0.29, 0.717) is 5.92 Å². The molecule has 1 aliphatic rings. The van der Waals surface area contributed by atoms with Crippen LogP contribution in [0.1, 0.15) is 31.4 Å². The Kier molecular flexibility index (Phi) is 2.78. The number of pyridine rings is 1. The van der Waals surface area contributed by atoms with Gasteiger partial charge in [-0.2, -0.15) is 0 Å². The third-order valence-corrected chi connectivity index (χ3v) is 3.72. The highest BCUT2D eigenvalue weighted by atomic mass is 16.2. The summed E-state index contributed by atoms with van der Waals surface area (Å²) < 4.78 is 0. The number of carbonyl (C=O) groups is 1. The van der Waals surface area contributed by atoms with E-state index in [0.717, 1.165) is 37.0 Å². The number of fused-ring (bicyclic) bond motifs is 1. The molecule has 0 saturated carbocycles. The molecule has 0 aliphatic carbocycles. The lowest BCUT2D eigenvalue weighted by molar-refractivity contribution is -0.130. The number of aromatic amines is 1. The third kappa shape index (κ3) is 1.98. The number of nitrogens with one attached hydrogen (secondary N) is 1. The molecule has 94 valence electrons. The summed E-state index contributed by atoms with van der Waals surface area (Å²) >= 11 is 0. The number of hydrogen-bond donors (Lipinski definition) is 1. The zero-order chi connectivity index (χ0) is 12.5. The van der Waals surface area contributed by atoms with Crippen molar-refractivity contribution in [1.82, 2.24) is 14.9 Å². The number of aromatic nitrogens is 2. The van der Waals surface area contributed by atoms with Crippen LogP contribution in [-0.2, 0) is 4.79 Å². The van der Waals surface area contributed by atoms with Gasteiger partial charge in [0.25, 0.3) is 0 Å². The summed E-state index contributed by atoms with van der Waals surface area (Å²) in [6.07, 6.45) is 4.01. The highest BCUT2D eigenvalue weighted by molar-refractivity contribution is 5.76. The van der Waals surface area contributed by atoms with Crippen LogP contribution in [0.25, 0.3) is 11.0 Å². The summed E-state index contributed by atoms with van der Waals surface area (Å²) in [6, 6.07) is 6.17. The van der Waals surface area contributed by atoms with Crippen molar-refractivity contribution in [3.8, 4) is 0 Å². The lowest BCUT2D eigenvalue weighted by Crippen LogP contribution is -2.37. The molecule has 1 aliphatic heterocycles. The van der Waals surface area contributed by atoms with Crippen molar-refractivity contribution in [2.45, 2.75) is 25.7 Å². The molecule has 1 fully saturated rings. The van der Waals surface area contributed by atoms with Crippen LogP contribution in [0.2, 0.25) is 0 Å². The van der Waals surface area contributed by atoms with E-state index in [1.165, 1.54) is 5.69 Å². The predicted molar refractivity (Wildman–Crippen MR) is 70.3 cm³/mol. The van der Waals surface area contributed by atoms with Crippen molar-refractivity contribution in [2.24, 2.45) is 0 Å². The Hall–Kier alpha value is -1.84. The van der Waals surface area contributed by atoms with E-state index in [9.17, 15) is 4.79 Å². The number of carbonyl (C=O) groups excluding carboxylic acids is 1. The molecular weight excluding hydrogens is 226 g/mol. The maximum atomic E-state index is 11.5. The third-order valence-electron chi connectivity index (χ3n) is 3.72. The highest BCUT2D eigenvalue weighted by Gasteiger charge is 2.23. The SMILES string of the molecule is CC(=O)N1CCC[C@@H](c2cc3cccnc3[nH]2)C1. The van der Waals surface area contributed by atoms with Gasteiger partial charge in [-0.05, 0) is 31.0 Å². The summed E-state index contributed by atoms with van der Waals surface area (Å²) in [6.45, 7) is 3.36. The second-order valence-corrected chi connectivity index (χ2v) is 4.97. The van der Waals surface area contributed by atoms with Crippen LogP contribution in [0.4, 0.5) is 0 Å². The van der Waals surface area contributed by atoms with Crippen molar-refractivity contribution in [1.29, 1.82) is 0 Å². The van der Waals surface area contributed by atoms with E-state index in [1.54, 1.807) is 13.1 Å². The smallest absolute Gasteiger partial charge is 0.219 e. The minimum Gasteiger partial charge on any atom is -0.343 e. The first kappa shape index (κ1) is 11.3. The molecule has 0 aromatic carbocycles. The van der Waals surface area contributed by atoms with Crippen LogP contribution in [0, 0.1) is 0 Å². The molecule has 1 N–H and O–H groups in total. The van der Waals surface area contributed by atoms with Crippen LogP contribution in [0.5, 0.6) is 0 Å². The van der Waals surface area contributed by atoms with Crippen molar-refractivity contribution in [3.63, 3.8) is 0 Å². The van der Waals surface area contributed by atoms with Crippen LogP contribution in [0.15, 0.2) is 24.4 Å². The molecular formula is C14H17N3O. The second kappa shape index (κ2) is 4.44. The van der Waals surface area contributed by atoms with Gasteiger partial charge in [0.15, 0.2) is 0 Å². The summed E-state index contributed by atoms with van der Waals surface area (Å²) in [7, 11) is 0. The van der Waals surface area contributed by atoms with Gasteiger partial charge in [-0.15, -0.1) is 0 Å². The first-order valence-electron chi connectivity index (χ1n) is 6.43. The molecule has 4 nitrogen and oxygen atoms in total. The van der Waals surface area contributed by atoms with Crippen molar-refractivity contribution in [3.05, 3.63) is 30.1 Å². The van der Waals surface area contributed by atoms with E-state index in [-0.39, 0.29) is 5.91 Å². The van der Waals surface area contributed by atoms with E-state index in [2.05, 4.69) is 22.1 Å². The molecule has 2 aromatic rings. The molecule has 0 bridgehead atoms. The maximum absolute atomic E-state index is 11.5. The fraction of sp³-hybridized carbons (Fsp3) is 0.429. The summed E-state index contributed by atoms with van der Waals surface area (Å²) in [5.74, 6) is 0.589. The van der Waals surface area contributed by atoms with Crippen LogP contribution in [0.3, 0.4) is 0 Å². The molecule has 1 saturated heterocycles. The highest BCUT2D eigenvalue weighted by Crippen LogP contribution is 2.28. The number of rotatable bonds is 1. The number of hydrogen-bond acceptors (Lipinski definition) is 2. The van der Waals surface area contributed by atoms with Gasteiger partial charge in [0, 0.05) is 43.2 Å². The van der Waals surface area contributed by atoms with Gasteiger partial charge in [-0.1, -0.05) is 0 Å². The van der Waals surface area contributed by atoms with E-state index in [1.807, 2.05) is 11.0 Å². The molecule has 4 heteroatoms. The van der Waals surface area contributed by atoms with Gasteiger partial charge in [0.1, 0.15) is 5.65 Å². The monoisotopic (exact) mass is 243 g/mol. The average Bonchev–Trinajstić information content (AvgIpc) is 2.82. The molecule has 1 atom stereocenters. The maximum Gasteiger partial charge on any atom is 0.219 e. The minimum absolute atomic E-state index is 0.175. The molecule has 18 heavy (non-hydrogen) atoms. The fourth-order valence-corrected chi connectivity index (χ4v) is 2.72. The van der Waals surface area contributed by atoms with E-state index in [4.69, 9.17) is 0 Å². The van der Waals surface area contributed by atoms with Gasteiger partial charge >= 0.3 is 0 Å². The normalized spacial score (nSPS) is 20.3. The van der Waals surface area contributed by atoms with E-state index >= 15 is 0 Å². The van der Waals surface area contributed by atoms with E-state index < -0.39 is 0 Å². The Labute approximate surface area is 106 Å². The first-order chi connectivity index (χ1) is 8.74. The standard InChI is InChI=1S/C14H17N3O/c1-10(18)17-7-3-5-12(9-17)13-8-11-4-2-6-15-14(11)16-13/h2,4,6,8,12H,3,5,7,9H2,1H3,(H,15,16)/t12-/m1/s1. The molecule has 1 amide bonds. The number of H-pyrrole nitrogens is 1. The summed E-state index contributed by atoms with van der Waals surface area (Å²) in [4.78, 5) is 21.1. The predicted octanol–water partition coefficient (Wildman–Crippen LogP) is 2.29. The molecule has 3 heterocycles. The quantitative estimate of drug-likeness (QED) is 0.835. The Balaban J connectivity index is 1.87. The fourth-order valence-electron chi connectivity index (χ4n) is 2.72. The molecule has 0 spiro atoms. The second-order valence-electron chi connectivity index (χ2n) is 4.97. The number of likely N-dealkylation sites (tertiary alicyclic amines) is 1. The number of nitrogens with zero attached hydrogens (tertiary/aromatic N) is 2. The zero-order valence-corrected chi connectivity index (χ0v) is 10.5. The Morgan fingerprint density at radius 3 is 3.22 bits per heavy atom. The van der Waals surface area contributed by atoms with Crippen LogP contribution in [-0.4, -0.2) is 33.9 Å². The Morgan fingerprint density at radius 2 is 2.44 bits per heavy atom. The molecule has 2 aromatic heterocycles. The first-order valence-corrected chi connectivity index (χ1v) is 6.43. The summed E-state index contributed by atoms with van der Waals surface area (Å²) in [5, 5.41) is 1.15. The Bertz CT molecular complexity index is 542. The minimum atomic E-state index is 0.175. The molecule has 3 rings (SSSR count). The Morgan fingerprint density at radius 1 is 1.56 bits per heavy atom. The average molecular weight is 243 g/mol. The van der Waals surface area contributed by atoms with Gasteiger partial charge in [0.2, 0.25) is 5.91 Å². The lowest BCUT2D eigenvalue weighted by atomic mass is 9.95. The van der Waals surface area contributed by atoms with Gasteiger partial charge < -0.3 is 9.88 Å². The van der Waals surface area contributed by atoms with Gasteiger partial charge in [0.05, 0.1) is 0 Å². The van der Waals surface area contributed by atoms with Crippen molar-refractivity contribution < 1.29 is 4.79 Å². The lowest BCUT2D eigenvalue weighted by Gasteiger charge is -2.31. The zero-order valence-electron chi connectivity index (χ0n) is 10.5. The van der Waals surface area contributed by atoms with Gasteiger partial charge in [-0.3, -0.25) is 4.79 Å². The van der Waals surface area contributed by atoms with Gasteiger partial charge in [-0.25, -0.2) is 4.98 Å². The van der Waals surface area contributed by atoms with Crippen LogP contribution < -0.4 is 0 Å².